The number of hydrogen-bond donors (Lipinski definition) is 0. The maximum atomic E-state index is 12.9. The number of esters is 1. The number of hydrogen-bond acceptors (Lipinski definition) is 5. The highest BCUT2D eigenvalue weighted by molar-refractivity contribution is 5.89. The second kappa shape index (κ2) is 7.15. The zero-order chi connectivity index (χ0) is 22.2. The lowest BCUT2D eigenvalue weighted by Gasteiger charge is -2.61. The standard InChI is InChI=1S/C26H38O5/c1-15-12-18-19(24(4)14-23-22(13-21(15)24)29-10-11-30-23)6-8-25(5)20(18)7-9-26(25,16(2)27)31-17(3)28/h18-20,22-23H,6-14H2,1-5H3/t18-,19+,20+,22?,23?,24-,25+,26+/m1/s1. The molecular weight excluding hydrogens is 392 g/mol. The fourth-order valence-electron chi connectivity index (χ4n) is 8.91. The van der Waals surface area contributed by atoms with E-state index in [9.17, 15) is 9.59 Å². The smallest absolute Gasteiger partial charge is 0.303 e. The molecule has 3 saturated carbocycles. The Kier molecular flexibility index (Phi) is 4.99. The Morgan fingerprint density at radius 1 is 0.968 bits per heavy atom. The molecule has 0 radical (unpaired) electrons. The molecule has 2 unspecified atom stereocenters. The van der Waals surface area contributed by atoms with Crippen LogP contribution in [0.15, 0.2) is 11.1 Å². The van der Waals surface area contributed by atoms with Gasteiger partial charge in [-0.25, -0.2) is 0 Å². The van der Waals surface area contributed by atoms with Crippen LogP contribution < -0.4 is 0 Å². The average Bonchev–Trinajstić information content (AvgIpc) is 3.00. The number of Topliss-reactive ketones (excluding diaryl/α,β-unsaturated/α-hetero) is 1. The second-order valence-corrected chi connectivity index (χ2v) is 11.5. The van der Waals surface area contributed by atoms with E-state index in [2.05, 4.69) is 20.8 Å². The van der Waals surface area contributed by atoms with E-state index in [0.29, 0.717) is 37.4 Å². The lowest BCUT2D eigenvalue weighted by molar-refractivity contribution is -0.192. The fourth-order valence-corrected chi connectivity index (χ4v) is 8.91. The van der Waals surface area contributed by atoms with Gasteiger partial charge in [0.25, 0.3) is 0 Å². The first-order valence-corrected chi connectivity index (χ1v) is 12.3. The van der Waals surface area contributed by atoms with Crippen molar-refractivity contribution in [2.45, 2.75) is 97.4 Å². The monoisotopic (exact) mass is 430 g/mol. The molecule has 1 saturated heterocycles. The summed E-state index contributed by atoms with van der Waals surface area (Å²) in [6.45, 7) is 11.5. The van der Waals surface area contributed by atoms with E-state index in [-0.39, 0.29) is 34.8 Å². The highest BCUT2D eigenvalue weighted by atomic mass is 16.6. The van der Waals surface area contributed by atoms with Crippen LogP contribution in [0.4, 0.5) is 0 Å². The predicted molar refractivity (Wildman–Crippen MR) is 116 cm³/mol. The Morgan fingerprint density at radius 3 is 2.32 bits per heavy atom. The predicted octanol–water partition coefficient (Wildman–Crippen LogP) is 4.62. The van der Waals surface area contributed by atoms with Crippen LogP contribution in [0.5, 0.6) is 0 Å². The van der Waals surface area contributed by atoms with E-state index in [1.54, 1.807) is 12.5 Å². The normalized spacial score (nSPS) is 48.9. The largest absolute Gasteiger partial charge is 0.451 e. The van der Waals surface area contributed by atoms with E-state index in [0.717, 1.165) is 38.5 Å². The Morgan fingerprint density at radius 2 is 1.65 bits per heavy atom. The van der Waals surface area contributed by atoms with E-state index < -0.39 is 5.60 Å². The number of fused-ring (bicyclic) bond motifs is 6. The van der Waals surface area contributed by atoms with Gasteiger partial charge in [0.1, 0.15) is 0 Å². The molecule has 4 aliphatic carbocycles. The van der Waals surface area contributed by atoms with E-state index in [4.69, 9.17) is 14.2 Å². The molecule has 5 rings (SSSR count). The number of carbonyl (C=O) groups is 2. The third kappa shape index (κ3) is 2.88. The molecular formula is C26H38O5. The Bertz CT molecular complexity index is 832. The first kappa shape index (κ1) is 21.6. The zero-order valence-corrected chi connectivity index (χ0v) is 19.8. The number of allylic oxidation sites excluding steroid dienone is 1. The van der Waals surface area contributed by atoms with Gasteiger partial charge < -0.3 is 14.2 Å². The summed E-state index contributed by atoms with van der Waals surface area (Å²) < 4.78 is 18.2. The Hall–Kier alpha value is -1.20. The molecule has 0 N–H and O–H groups in total. The van der Waals surface area contributed by atoms with Crippen molar-refractivity contribution in [1.29, 1.82) is 0 Å². The molecule has 1 aliphatic heterocycles. The Labute approximate surface area is 186 Å². The molecule has 5 nitrogen and oxygen atoms in total. The lowest BCUT2D eigenvalue weighted by Crippen LogP contribution is -2.59. The maximum Gasteiger partial charge on any atom is 0.303 e. The third-order valence-corrected chi connectivity index (χ3v) is 10.2. The fraction of sp³-hybridized carbons (Fsp3) is 0.846. The van der Waals surface area contributed by atoms with Crippen molar-refractivity contribution in [3.05, 3.63) is 11.1 Å². The minimum Gasteiger partial charge on any atom is -0.451 e. The second-order valence-electron chi connectivity index (χ2n) is 11.5. The van der Waals surface area contributed by atoms with Crippen LogP contribution >= 0.6 is 0 Å². The van der Waals surface area contributed by atoms with Gasteiger partial charge in [-0.2, -0.15) is 0 Å². The average molecular weight is 431 g/mol. The van der Waals surface area contributed by atoms with Crippen LogP contribution in [-0.4, -0.2) is 42.8 Å². The van der Waals surface area contributed by atoms with Gasteiger partial charge in [0, 0.05) is 12.3 Å². The van der Waals surface area contributed by atoms with E-state index in [1.165, 1.54) is 12.5 Å². The van der Waals surface area contributed by atoms with Crippen molar-refractivity contribution in [3.63, 3.8) is 0 Å². The van der Waals surface area contributed by atoms with E-state index >= 15 is 0 Å². The number of rotatable bonds is 2. The molecule has 0 amide bonds. The molecule has 31 heavy (non-hydrogen) atoms. The summed E-state index contributed by atoms with van der Waals surface area (Å²) in [4.78, 5) is 24.9. The summed E-state index contributed by atoms with van der Waals surface area (Å²) in [6, 6.07) is 0. The van der Waals surface area contributed by atoms with Crippen LogP contribution in [-0.2, 0) is 23.8 Å². The van der Waals surface area contributed by atoms with Crippen LogP contribution in [0, 0.1) is 28.6 Å². The molecule has 5 aliphatic rings. The van der Waals surface area contributed by atoms with Crippen molar-refractivity contribution in [2.75, 3.05) is 13.2 Å². The van der Waals surface area contributed by atoms with Crippen molar-refractivity contribution in [1.82, 2.24) is 0 Å². The van der Waals surface area contributed by atoms with Crippen LogP contribution in [0.2, 0.25) is 0 Å². The van der Waals surface area contributed by atoms with Gasteiger partial charge in [0.15, 0.2) is 11.4 Å². The molecule has 1 heterocycles. The third-order valence-electron chi connectivity index (χ3n) is 10.2. The molecule has 0 aromatic rings. The van der Waals surface area contributed by atoms with Gasteiger partial charge in [-0.3, -0.25) is 9.59 Å². The summed E-state index contributed by atoms with van der Waals surface area (Å²) >= 11 is 0. The SMILES string of the molecule is CC(=O)O[C@]1(C(C)=O)CC[C@H]2[C@@H]3CC(C)=C4CC5OCCOC5C[C@]4(C)[C@H]3CC[C@@]21C. The van der Waals surface area contributed by atoms with Gasteiger partial charge in [0.05, 0.1) is 25.4 Å². The molecule has 0 aromatic carbocycles. The maximum absolute atomic E-state index is 12.9. The molecule has 5 heteroatoms. The molecule has 0 bridgehead atoms. The summed E-state index contributed by atoms with van der Waals surface area (Å²) in [6.07, 6.45) is 7.21. The van der Waals surface area contributed by atoms with Crippen LogP contribution in [0.3, 0.4) is 0 Å². The van der Waals surface area contributed by atoms with Gasteiger partial charge >= 0.3 is 5.97 Å². The van der Waals surface area contributed by atoms with E-state index in [1.807, 2.05) is 0 Å². The van der Waals surface area contributed by atoms with Crippen LogP contribution in [0.25, 0.3) is 0 Å². The van der Waals surface area contributed by atoms with Gasteiger partial charge in [0.2, 0.25) is 0 Å². The molecule has 4 fully saturated rings. The first-order valence-electron chi connectivity index (χ1n) is 12.3. The zero-order valence-electron chi connectivity index (χ0n) is 19.8. The van der Waals surface area contributed by atoms with Gasteiger partial charge in [-0.15, -0.1) is 0 Å². The molecule has 0 spiro atoms. The molecule has 8 atom stereocenters. The summed E-state index contributed by atoms with van der Waals surface area (Å²) in [5.74, 6) is 1.22. The topological polar surface area (TPSA) is 61.8 Å². The first-order chi connectivity index (χ1) is 14.6. The van der Waals surface area contributed by atoms with Gasteiger partial charge in [-0.1, -0.05) is 25.0 Å². The molecule has 0 aromatic heterocycles. The molecule has 172 valence electrons. The highest BCUT2D eigenvalue weighted by Crippen LogP contribution is 2.69. The number of ether oxygens (including phenoxy) is 3. The highest BCUT2D eigenvalue weighted by Gasteiger charge is 2.68. The number of ketones is 1. The summed E-state index contributed by atoms with van der Waals surface area (Å²) in [5.41, 5.74) is 2.04. The van der Waals surface area contributed by atoms with Crippen molar-refractivity contribution >= 4 is 11.8 Å². The number of carbonyl (C=O) groups excluding carboxylic acids is 2. The van der Waals surface area contributed by atoms with Crippen molar-refractivity contribution in [3.8, 4) is 0 Å². The Balaban J connectivity index is 1.51. The summed E-state index contributed by atoms with van der Waals surface area (Å²) in [7, 11) is 0. The quantitative estimate of drug-likeness (QED) is 0.472. The van der Waals surface area contributed by atoms with Crippen LogP contribution in [0.1, 0.15) is 79.6 Å². The minimum atomic E-state index is -0.953. The van der Waals surface area contributed by atoms with Crippen molar-refractivity contribution in [2.24, 2.45) is 28.6 Å². The summed E-state index contributed by atoms with van der Waals surface area (Å²) in [5, 5.41) is 0. The lowest BCUT2D eigenvalue weighted by atomic mass is 9.45. The van der Waals surface area contributed by atoms with Gasteiger partial charge in [-0.05, 0) is 82.0 Å². The van der Waals surface area contributed by atoms with Crippen molar-refractivity contribution < 1.29 is 23.8 Å². The minimum absolute atomic E-state index is 0.0226.